The summed E-state index contributed by atoms with van der Waals surface area (Å²) in [5, 5.41) is 2.69. The van der Waals surface area contributed by atoms with Gasteiger partial charge in [0.15, 0.2) is 0 Å². The average molecular weight is 143 g/mol. The van der Waals surface area contributed by atoms with E-state index in [0.717, 1.165) is 0 Å². The Morgan fingerprint density at radius 3 is 3.00 bits per heavy atom. The van der Waals surface area contributed by atoms with Gasteiger partial charge in [-0.3, -0.25) is 0 Å². The summed E-state index contributed by atoms with van der Waals surface area (Å²) in [5.41, 5.74) is 0. The summed E-state index contributed by atoms with van der Waals surface area (Å²) < 4.78 is 9.61. The van der Waals surface area contributed by atoms with Gasteiger partial charge in [-0.1, -0.05) is 0 Å². The Bertz CT molecular complexity index is 166. The molecule has 0 aromatic carbocycles. The summed E-state index contributed by atoms with van der Waals surface area (Å²) in [4.78, 5) is 7.70. The summed E-state index contributed by atoms with van der Waals surface area (Å²) >= 11 is 0. The molecule has 0 aromatic heterocycles. The zero-order chi connectivity index (χ0) is 7.40. The first-order valence-corrected chi connectivity index (χ1v) is 2.79. The zero-order valence-electron chi connectivity index (χ0n) is 5.87. The molecule has 0 fully saturated rings. The summed E-state index contributed by atoms with van der Waals surface area (Å²) in [6.07, 6.45) is 1.02. The molecule has 56 valence electrons. The molecule has 0 aliphatic carbocycles. The fourth-order valence-corrected chi connectivity index (χ4v) is 0.552. The van der Waals surface area contributed by atoms with Crippen molar-refractivity contribution in [3.8, 4) is 0 Å². The number of hydrogen-bond donors (Lipinski definition) is 1. The zero-order valence-corrected chi connectivity index (χ0v) is 5.87. The van der Waals surface area contributed by atoms with Crippen LogP contribution < -0.4 is 5.32 Å². The van der Waals surface area contributed by atoms with Crippen molar-refractivity contribution in [2.75, 3.05) is 14.2 Å². The number of ether oxygens (including phenoxy) is 2. The van der Waals surface area contributed by atoms with Crippen molar-refractivity contribution in [1.29, 1.82) is 0 Å². The van der Waals surface area contributed by atoms with E-state index in [0.29, 0.717) is 6.02 Å². The molecule has 1 N–H and O–H groups in total. The van der Waals surface area contributed by atoms with Gasteiger partial charge in [0.25, 0.3) is 12.4 Å². The van der Waals surface area contributed by atoms with Crippen LogP contribution in [0.5, 0.6) is 0 Å². The first-order chi connectivity index (χ1) is 4.86. The van der Waals surface area contributed by atoms with Gasteiger partial charge < -0.3 is 14.8 Å². The van der Waals surface area contributed by atoms with Gasteiger partial charge in [-0.2, -0.15) is 4.99 Å². The molecule has 1 atom stereocenters. The molecule has 1 unspecified atom stereocenters. The molecule has 0 saturated heterocycles. The normalized spacial score (nSPS) is 23.4. The van der Waals surface area contributed by atoms with E-state index in [9.17, 15) is 0 Å². The molecule has 0 bridgehead atoms. The highest BCUT2D eigenvalue weighted by Gasteiger charge is 2.07. The second kappa shape index (κ2) is 3.17. The molecule has 0 amide bonds. The second-order valence-electron chi connectivity index (χ2n) is 1.62. The van der Waals surface area contributed by atoms with Crippen LogP contribution in [0.2, 0.25) is 0 Å². The molecule has 10 heavy (non-hydrogen) atoms. The molecule has 0 aromatic rings. The van der Waals surface area contributed by atoms with Crippen LogP contribution >= 0.6 is 0 Å². The van der Waals surface area contributed by atoms with Gasteiger partial charge in [0, 0.05) is 7.11 Å². The lowest BCUT2D eigenvalue weighted by molar-refractivity contribution is 0.114. The van der Waals surface area contributed by atoms with Crippen LogP contribution in [-0.4, -0.2) is 32.9 Å². The minimum absolute atomic E-state index is 0.418. The highest BCUT2D eigenvalue weighted by Crippen LogP contribution is 1.96. The summed E-state index contributed by atoms with van der Waals surface area (Å²) in [6.45, 7) is 0. The highest BCUT2D eigenvalue weighted by atomic mass is 16.5. The number of rotatable bonds is 1. The van der Waals surface area contributed by atoms with E-state index in [1.54, 1.807) is 0 Å². The monoisotopic (exact) mass is 143 g/mol. The molecule has 1 rings (SSSR count). The van der Waals surface area contributed by atoms with Crippen molar-refractivity contribution in [2.45, 2.75) is 6.35 Å². The summed E-state index contributed by atoms with van der Waals surface area (Å²) in [5.74, 6) is 0. The van der Waals surface area contributed by atoms with Gasteiger partial charge in [0.05, 0.1) is 13.4 Å². The fraction of sp³-hybridized carbons (Fsp3) is 0.600. The first kappa shape index (κ1) is 7.01. The number of nitrogens with zero attached hydrogens (tertiary/aromatic N) is 2. The number of aliphatic imine (C=N–C) groups is 2. The molecule has 0 spiro atoms. The number of amidine groups is 1. The van der Waals surface area contributed by atoms with E-state index in [2.05, 4.69) is 15.3 Å². The minimum atomic E-state index is -0.462. The Morgan fingerprint density at radius 1 is 1.60 bits per heavy atom. The predicted molar refractivity (Wildman–Crippen MR) is 36.9 cm³/mol. The van der Waals surface area contributed by atoms with Crippen LogP contribution in [0.15, 0.2) is 9.98 Å². The Hall–Kier alpha value is -1.10. The van der Waals surface area contributed by atoms with Gasteiger partial charge in [-0.05, 0) is 0 Å². The van der Waals surface area contributed by atoms with Crippen LogP contribution in [-0.2, 0) is 9.47 Å². The van der Waals surface area contributed by atoms with Crippen molar-refractivity contribution in [1.82, 2.24) is 5.32 Å². The second-order valence-corrected chi connectivity index (χ2v) is 1.62. The van der Waals surface area contributed by atoms with Gasteiger partial charge in [0.1, 0.15) is 0 Å². The SMILES string of the molecule is COC1=NC(OC)N=CN1. The molecule has 1 heterocycles. The van der Waals surface area contributed by atoms with Crippen molar-refractivity contribution >= 4 is 12.4 Å². The van der Waals surface area contributed by atoms with Gasteiger partial charge in [-0.25, -0.2) is 4.99 Å². The lowest BCUT2D eigenvalue weighted by Crippen LogP contribution is -2.30. The fourth-order valence-electron chi connectivity index (χ4n) is 0.552. The van der Waals surface area contributed by atoms with Crippen LogP contribution in [0, 0.1) is 0 Å². The van der Waals surface area contributed by atoms with Crippen molar-refractivity contribution < 1.29 is 9.47 Å². The summed E-state index contributed by atoms with van der Waals surface area (Å²) in [7, 11) is 3.06. The quantitative estimate of drug-likeness (QED) is 0.541. The van der Waals surface area contributed by atoms with Crippen molar-refractivity contribution in [2.24, 2.45) is 9.98 Å². The van der Waals surface area contributed by atoms with E-state index in [4.69, 9.17) is 9.47 Å². The predicted octanol–water partition coefficient (Wildman–Crippen LogP) is -0.450. The molecule has 0 saturated carbocycles. The van der Waals surface area contributed by atoms with Crippen molar-refractivity contribution in [3.63, 3.8) is 0 Å². The van der Waals surface area contributed by atoms with Crippen molar-refractivity contribution in [3.05, 3.63) is 0 Å². The number of hydrogen-bond acceptors (Lipinski definition) is 5. The Labute approximate surface area is 58.8 Å². The van der Waals surface area contributed by atoms with Crippen LogP contribution in [0.25, 0.3) is 0 Å². The lowest BCUT2D eigenvalue weighted by atomic mass is 10.8. The van der Waals surface area contributed by atoms with Crippen LogP contribution in [0.4, 0.5) is 0 Å². The molecular weight excluding hydrogens is 134 g/mol. The largest absolute Gasteiger partial charge is 0.468 e. The minimum Gasteiger partial charge on any atom is -0.468 e. The third kappa shape index (κ3) is 1.44. The van der Waals surface area contributed by atoms with Crippen LogP contribution in [0.3, 0.4) is 0 Å². The topological polar surface area (TPSA) is 55.2 Å². The Morgan fingerprint density at radius 2 is 2.40 bits per heavy atom. The Balaban J connectivity index is 2.54. The van der Waals surface area contributed by atoms with E-state index >= 15 is 0 Å². The van der Waals surface area contributed by atoms with Gasteiger partial charge in [0.2, 0.25) is 0 Å². The smallest absolute Gasteiger partial charge is 0.293 e. The number of methoxy groups -OCH3 is 2. The Kier molecular flexibility index (Phi) is 2.22. The molecule has 5 heteroatoms. The molecule has 0 radical (unpaired) electrons. The average Bonchev–Trinajstić information content (AvgIpc) is 2.05. The van der Waals surface area contributed by atoms with E-state index < -0.39 is 6.35 Å². The maximum absolute atomic E-state index is 4.82. The maximum atomic E-state index is 4.82. The molecule has 1 aliphatic heterocycles. The first-order valence-electron chi connectivity index (χ1n) is 2.79. The third-order valence-corrected chi connectivity index (χ3v) is 1.02. The molecule has 1 aliphatic rings. The third-order valence-electron chi connectivity index (χ3n) is 1.02. The van der Waals surface area contributed by atoms with Gasteiger partial charge >= 0.3 is 0 Å². The number of nitrogens with one attached hydrogen (secondary N) is 1. The van der Waals surface area contributed by atoms with E-state index in [1.807, 2.05) is 0 Å². The van der Waals surface area contributed by atoms with E-state index in [1.165, 1.54) is 20.6 Å². The lowest BCUT2D eigenvalue weighted by Gasteiger charge is -2.12. The highest BCUT2D eigenvalue weighted by molar-refractivity contribution is 5.87. The molecular formula is C5H9N3O2. The van der Waals surface area contributed by atoms with Gasteiger partial charge in [-0.15, -0.1) is 0 Å². The molecule has 5 nitrogen and oxygen atoms in total. The summed E-state index contributed by atoms with van der Waals surface area (Å²) in [6, 6.07) is 0.418. The van der Waals surface area contributed by atoms with E-state index in [-0.39, 0.29) is 0 Å². The maximum Gasteiger partial charge on any atom is 0.293 e. The van der Waals surface area contributed by atoms with Crippen LogP contribution in [0.1, 0.15) is 0 Å². The standard InChI is InChI=1S/C5H9N3O2/c1-9-4-6-3-7-5(8-4)10-2/h3-4H,1-2H3,(H,6,7,8).